The number of phosphoric ester groups is 1. The molecule has 0 aromatic heterocycles. The summed E-state index contributed by atoms with van der Waals surface area (Å²) in [5, 5.41) is 0. The molecule has 6 nitrogen and oxygen atoms in total. The zero-order valence-electron chi connectivity index (χ0n) is 7.26. The number of phosphoric acid groups is 1. The van der Waals surface area contributed by atoms with Crippen LogP contribution >= 0.6 is 7.82 Å². The average molecular weight is 236 g/mol. The molecule has 0 rings (SSSR count). The molecule has 0 aliphatic heterocycles. The Labute approximate surface area is 75.7 Å². The molecular formula is C4H10FO6PS. The van der Waals surface area contributed by atoms with Gasteiger partial charge in [0.25, 0.3) is 0 Å². The van der Waals surface area contributed by atoms with Gasteiger partial charge >= 0.3 is 17.9 Å². The van der Waals surface area contributed by atoms with Crippen molar-refractivity contribution in [2.24, 2.45) is 0 Å². The Bertz CT molecular complexity index is 290. The minimum Gasteiger partial charge on any atom is -0.290 e. The predicted molar refractivity (Wildman–Crippen MR) is 42.2 cm³/mol. The van der Waals surface area contributed by atoms with E-state index in [0.29, 0.717) is 0 Å². The first-order chi connectivity index (χ1) is 5.77. The number of rotatable bonds is 5. The van der Waals surface area contributed by atoms with E-state index in [1.54, 1.807) is 0 Å². The van der Waals surface area contributed by atoms with Crippen molar-refractivity contribution < 1.29 is 30.4 Å². The highest BCUT2D eigenvalue weighted by Crippen LogP contribution is 2.49. The van der Waals surface area contributed by atoms with Crippen LogP contribution in [0.2, 0.25) is 0 Å². The maximum Gasteiger partial charge on any atom is 0.489 e. The van der Waals surface area contributed by atoms with Gasteiger partial charge < -0.3 is 0 Å². The fraction of sp³-hybridized carbons (Fsp3) is 1.00. The second-order valence-corrected chi connectivity index (χ2v) is 5.78. The second kappa shape index (κ2) is 4.47. The molecule has 9 heteroatoms. The van der Waals surface area contributed by atoms with Crippen LogP contribution in [0.25, 0.3) is 0 Å². The van der Waals surface area contributed by atoms with E-state index >= 15 is 0 Å². The number of alkyl halides is 1. The van der Waals surface area contributed by atoms with Gasteiger partial charge in [-0.3, -0.25) is 9.05 Å². The molecule has 0 saturated carbocycles. The molecule has 1 unspecified atom stereocenters. The molecule has 0 aromatic rings. The van der Waals surface area contributed by atoms with Gasteiger partial charge in [0.1, 0.15) is 0 Å². The summed E-state index contributed by atoms with van der Waals surface area (Å²) in [5.74, 6) is 0. The minimum atomic E-state index is -4.56. The smallest absolute Gasteiger partial charge is 0.290 e. The van der Waals surface area contributed by atoms with Crippen LogP contribution in [0.15, 0.2) is 0 Å². The summed E-state index contributed by atoms with van der Waals surface area (Å²) in [5.41, 5.74) is -2.30. The number of hydrogen-bond donors (Lipinski definition) is 0. The lowest BCUT2D eigenvalue weighted by Gasteiger charge is -2.12. The third kappa shape index (κ3) is 3.70. The van der Waals surface area contributed by atoms with Gasteiger partial charge in [0, 0.05) is 14.2 Å². The van der Waals surface area contributed by atoms with Gasteiger partial charge in [0.15, 0.2) is 0 Å². The van der Waals surface area contributed by atoms with Gasteiger partial charge in [0.05, 0.1) is 0 Å². The monoisotopic (exact) mass is 236 g/mol. The van der Waals surface area contributed by atoms with E-state index in [9.17, 15) is 17.4 Å². The highest BCUT2D eigenvalue weighted by Gasteiger charge is 2.34. The average Bonchev–Trinajstić information content (AvgIpc) is 2.03. The normalized spacial score (nSPS) is 15.7. The van der Waals surface area contributed by atoms with Gasteiger partial charge in [-0.2, -0.15) is 12.4 Å². The molecule has 0 aliphatic carbocycles. The standard InChI is InChI=1S/C4H10FO6PS/c1-4(5)13(7,8)11-12(6,9-2)10-3/h4H,1-3H3. The Morgan fingerprint density at radius 1 is 1.31 bits per heavy atom. The first-order valence-electron chi connectivity index (χ1n) is 3.08. The highest BCUT2D eigenvalue weighted by atomic mass is 32.2. The molecule has 13 heavy (non-hydrogen) atoms. The number of halogens is 1. The minimum absolute atomic E-state index is 0.727. The topological polar surface area (TPSA) is 78.9 Å². The van der Waals surface area contributed by atoms with Crippen LogP contribution in [0.3, 0.4) is 0 Å². The van der Waals surface area contributed by atoms with E-state index in [1.165, 1.54) is 0 Å². The first kappa shape index (κ1) is 13.0. The van der Waals surface area contributed by atoms with Gasteiger partial charge in [-0.05, 0) is 6.92 Å². The van der Waals surface area contributed by atoms with E-state index in [0.717, 1.165) is 21.1 Å². The van der Waals surface area contributed by atoms with Gasteiger partial charge in [-0.1, -0.05) is 0 Å². The SMILES string of the molecule is COP(=O)(OC)OS(=O)(=O)C(C)F. The zero-order valence-corrected chi connectivity index (χ0v) is 8.97. The molecule has 0 heterocycles. The van der Waals surface area contributed by atoms with Crippen LogP contribution in [0, 0.1) is 0 Å². The lowest BCUT2D eigenvalue weighted by Crippen LogP contribution is -2.15. The molecule has 0 bridgehead atoms. The van der Waals surface area contributed by atoms with Crippen LogP contribution in [0.1, 0.15) is 6.92 Å². The maximum absolute atomic E-state index is 12.3. The first-order valence-corrected chi connectivity index (χ1v) is 6.01. The second-order valence-electron chi connectivity index (χ2n) is 1.92. The van der Waals surface area contributed by atoms with Crippen molar-refractivity contribution in [3.63, 3.8) is 0 Å². The van der Waals surface area contributed by atoms with E-state index in [4.69, 9.17) is 0 Å². The molecule has 80 valence electrons. The molecule has 0 saturated heterocycles. The third-order valence-corrected chi connectivity index (χ3v) is 4.29. The molecule has 0 fully saturated rings. The maximum atomic E-state index is 12.3. The van der Waals surface area contributed by atoms with Gasteiger partial charge in [-0.25, -0.2) is 8.96 Å². The fourth-order valence-electron chi connectivity index (χ4n) is 0.322. The van der Waals surface area contributed by atoms with Crippen LogP contribution < -0.4 is 0 Å². The molecule has 0 amide bonds. The summed E-state index contributed by atoms with van der Waals surface area (Å²) in [4.78, 5) is 0. The van der Waals surface area contributed by atoms with E-state index in [1.807, 2.05) is 0 Å². The molecule has 0 spiro atoms. The van der Waals surface area contributed by atoms with Crippen molar-refractivity contribution in [2.75, 3.05) is 14.2 Å². The molecule has 0 aliphatic rings. The molecule has 0 aromatic carbocycles. The predicted octanol–water partition coefficient (Wildman–Crippen LogP) is 1.05. The van der Waals surface area contributed by atoms with Crippen molar-refractivity contribution in [1.82, 2.24) is 0 Å². The van der Waals surface area contributed by atoms with Gasteiger partial charge in [0.2, 0.25) is 5.50 Å². The summed E-state index contributed by atoms with van der Waals surface area (Å²) in [6.07, 6.45) is 0. The van der Waals surface area contributed by atoms with Crippen LogP contribution in [0.5, 0.6) is 0 Å². The Morgan fingerprint density at radius 3 is 1.92 bits per heavy atom. The fourth-order valence-corrected chi connectivity index (χ4v) is 2.45. The molecular weight excluding hydrogens is 226 g/mol. The Morgan fingerprint density at radius 2 is 1.69 bits per heavy atom. The van der Waals surface area contributed by atoms with E-state index in [-0.39, 0.29) is 0 Å². The highest BCUT2D eigenvalue weighted by molar-refractivity contribution is 7.91. The van der Waals surface area contributed by atoms with Crippen LogP contribution in [-0.4, -0.2) is 28.1 Å². The molecule has 0 radical (unpaired) electrons. The Kier molecular flexibility index (Phi) is 4.47. The molecule has 1 atom stereocenters. The summed E-state index contributed by atoms with van der Waals surface area (Å²) in [6.45, 7) is 0.727. The summed E-state index contributed by atoms with van der Waals surface area (Å²) >= 11 is 0. The van der Waals surface area contributed by atoms with Crippen molar-refractivity contribution in [3.8, 4) is 0 Å². The van der Waals surface area contributed by atoms with Crippen molar-refractivity contribution in [2.45, 2.75) is 12.4 Å². The zero-order chi connectivity index (χ0) is 10.7. The van der Waals surface area contributed by atoms with Crippen molar-refractivity contribution >= 4 is 17.9 Å². The largest absolute Gasteiger partial charge is 0.489 e. The van der Waals surface area contributed by atoms with Crippen LogP contribution in [-0.2, 0) is 27.7 Å². The third-order valence-electron chi connectivity index (χ3n) is 1.04. The van der Waals surface area contributed by atoms with Crippen molar-refractivity contribution in [3.05, 3.63) is 0 Å². The van der Waals surface area contributed by atoms with E-state index in [2.05, 4.69) is 13.0 Å². The Hall–Kier alpha value is -0.0100. The van der Waals surface area contributed by atoms with Gasteiger partial charge in [-0.15, -0.1) is 0 Å². The number of hydrogen-bond acceptors (Lipinski definition) is 6. The van der Waals surface area contributed by atoms with E-state index < -0.39 is 23.4 Å². The lowest BCUT2D eigenvalue weighted by atomic mass is 10.9. The quantitative estimate of drug-likeness (QED) is 0.664. The van der Waals surface area contributed by atoms with Crippen LogP contribution in [0.4, 0.5) is 4.39 Å². The molecule has 0 N–H and O–H groups in total. The summed E-state index contributed by atoms with van der Waals surface area (Å²) < 4.78 is 57.0. The van der Waals surface area contributed by atoms with Crippen molar-refractivity contribution in [1.29, 1.82) is 0 Å². The lowest BCUT2D eigenvalue weighted by molar-refractivity contribution is 0.209. The summed E-state index contributed by atoms with van der Waals surface area (Å²) in [6, 6.07) is 0. The summed E-state index contributed by atoms with van der Waals surface area (Å²) in [7, 11) is -6.91. The Balaban J connectivity index is 4.71.